The second kappa shape index (κ2) is 13.3. The number of benzene rings is 3. The van der Waals surface area contributed by atoms with Crippen molar-refractivity contribution in [3.63, 3.8) is 0 Å². The van der Waals surface area contributed by atoms with Crippen LogP contribution in [0.1, 0.15) is 60.7 Å². The number of nitrogens with zero attached hydrogens (tertiary/aromatic N) is 1. The van der Waals surface area contributed by atoms with Gasteiger partial charge in [0, 0.05) is 39.6 Å². The first-order valence-electron chi connectivity index (χ1n) is 13.8. The lowest BCUT2D eigenvalue weighted by Gasteiger charge is -2.48. The van der Waals surface area contributed by atoms with Crippen molar-refractivity contribution in [1.29, 1.82) is 5.41 Å². The molecule has 5 N–H and O–H groups in total. The fourth-order valence-corrected chi connectivity index (χ4v) is 5.30. The van der Waals surface area contributed by atoms with Gasteiger partial charge in [0.15, 0.2) is 0 Å². The van der Waals surface area contributed by atoms with Crippen LogP contribution in [0.25, 0.3) is 0 Å². The molecule has 5 rings (SSSR count). The van der Waals surface area contributed by atoms with Gasteiger partial charge in [0.05, 0.1) is 37.1 Å². The molecule has 2 atom stereocenters. The van der Waals surface area contributed by atoms with E-state index in [2.05, 4.69) is 31.0 Å². The second-order valence-corrected chi connectivity index (χ2v) is 11.5. The number of rotatable bonds is 6. The number of nitrogens with two attached hydrogens (primary N) is 1. The fraction of sp³-hybridized carbons (Fsp3) is 0.375. The van der Waals surface area contributed by atoms with Gasteiger partial charge in [-0.2, -0.15) is 0 Å². The smallest absolute Gasteiger partial charge is 0.251 e. The molecule has 2 bridgehead atoms. The van der Waals surface area contributed by atoms with Gasteiger partial charge < -0.3 is 25.8 Å². The Kier molecular flexibility index (Phi) is 9.85. The van der Waals surface area contributed by atoms with Crippen molar-refractivity contribution >= 4 is 34.6 Å². The van der Waals surface area contributed by atoms with Crippen LogP contribution < -0.4 is 16.0 Å². The first kappa shape index (κ1) is 29.6. The van der Waals surface area contributed by atoms with Gasteiger partial charge in [-0.1, -0.05) is 62.7 Å². The molecule has 2 aliphatic rings. The Morgan fingerprint density at radius 2 is 1.65 bits per heavy atom. The monoisotopic (exact) mass is 562 g/mol. The van der Waals surface area contributed by atoms with E-state index in [1.807, 2.05) is 42.5 Å². The van der Waals surface area contributed by atoms with Crippen LogP contribution in [0.3, 0.4) is 0 Å². The Bertz CT molecular complexity index is 1310. The molecular weight excluding hydrogens is 524 g/mol. The largest absolute Gasteiger partial charge is 0.398 e. The van der Waals surface area contributed by atoms with Crippen LogP contribution in [0, 0.1) is 11.3 Å². The van der Waals surface area contributed by atoms with E-state index in [-0.39, 0.29) is 29.8 Å². The van der Waals surface area contributed by atoms with E-state index in [4.69, 9.17) is 27.5 Å². The number of nitrogens with one attached hydrogen (secondary N) is 2. The van der Waals surface area contributed by atoms with Crippen molar-refractivity contribution in [2.75, 3.05) is 23.8 Å². The number of piperidine rings is 1. The van der Waals surface area contributed by atoms with Gasteiger partial charge in [-0.25, -0.2) is 0 Å². The Hall–Kier alpha value is -3.39. The van der Waals surface area contributed by atoms with Gasteiger partial charge >= 0.3 is 0 Å². The molecule has 1 amide bonds. The third-order valence-corrected chi connectivity index (χ3v) is 7.30. The summed E-state index contributed by atoms with van der Waals surface area (Å²) < 4.78 is 5.71. The summed E-state index contributed by atoms with van der Waals surface area (Å²) in [5.74, 6) is 0.570. The molecule has 2 saturated heterocycles. The minimum atomic E-state index is -0.287. The summed E-state index contributed by atoms with van der Waals surface area (Å²) in [6.45, 7) is 8.01. The zero-order valence-electron chi connectivity index (χ0n) is 23.4. The van der Waals surface area contributed by atoms with Gasteiger partial charge in [-0.05, 0) is 60.7 Å². The maximum Gasteiger partial charge on any atom is 0.251 e. The van der Waals surface area contributed by atoms with Crippen LogP contribution in [0.2, 0.25) is 5.02 Å². The van der Waals surface area contributed by atoms with Crippen LogP contribution in [-0.4, -0.2) is 48.1 Å². The number of hydrogen-bond donors (Lipinski definition) is 4. The first-order valence-corrected chi connectivity index (χ1v) is 14.2. The average Bonchev–Trinajstić information content (AvgIpc) is 2.92. The van der Waals surface area contributed by atoms with Crippen molar-refractivity contribution in [1.82, 2.24) is 5.32 Å². The zero-order valence-corrected chi connectivity index (χ0v) is 24.1. The van der Waals surface area contributed by atoms with E-state index >= 15 is 0 Å². The molecule has 2 aliphatic heterocycles. The number of halogens is 1. The van der Waals surface area contributed by atoms with Crippen LogP contribution in [0.5, 0.6) is 0 Å². The molecule has 3 aromatic rings. The zero-order chi connectivity index (χ0) is 28.8. The molecule has 2 unspecified atom stereocenters. The highest BCUT2D eigenvalue weighted by Crippen LogP contribution is 2.33. The number of hydrogen-bond acceptors (Lipinski definition) is 6. The number of aliphatic hydroxyl groups excluding tert-OH is 1. The van der Waals surface area contributed by atoms with Crippen molar-refractivity contribution in [3.05, 3.63) is 94.0 Å². The molecule has 8 heteroatoms. The lowest BCUT2D eigenvalue weighted by Crippen LogP contribution is -2.58. The normalized spacial score (nSPS) is 19.9. The van der Waals surface area contributed by atoms with Gasteiger partial charge in [-0.15, -0.1) is 0 Å². The summed E-state index contributed by atoms with van der Waals surface area (Å²) >= 11 is 6.19. The molecule has 0 spiro atoms. The van der Waals surface area contributed by atoms with E-state index in [9.17, 15) is 9.90 Å². The van der Waals surface area contributed by atoms with E-state index in [1.165, 1.54) is 0 Å². The summed E-state index contributed by atoms with van der Waals surface area (Å²) in [7, 11) is 0. The number of morpholine rings is 1. The Morgan fingerprint density at radius 1 is 1.05 bits per heavy atom. The Labute approximate surface area is 241 Å². The van der Waals surface area contributed by atoms with Crippen molar-refractivity contribution in [2.24, 2.45) is 5.92 Å². The molecule has 212 valence electrons. The summed E-state index contributed by atoms with van der Waals surface area (Å²) in [5, 5.41) is 22.4. The van der Waals surface area contributed by atoms with Crippen molar-refractivity contribution in [3.8, 4) is 0 Å². The second-order valence-electron chi connectivity index (χ2n) is 11.1. The van der Waals surface area contributed by atoms with Gasteiger partial charge in [-0.3, -0.25) is 10.2 Å². The fourth-order valence-electron chi connectivity index (χ4n) is 5.10. The molecule has 2 fully saturated rings. The standard InChI is InChI=1S/C28H29ClN4O3.C4H10/c29-25-4-2-1-3-19(25)14-32-28(35)18-7-10-26(30)24(11-18)27(31)17-5-8-20(9-6-17)33-21-12-23(34)13-22(33)16-36-15-21;1-4(2)3/h1-11,21-23,31,34H,12-16,30H2,(H,32,35);4H,1-3H3. The molecule has 0 saturated carbocycles. The first-order chi connectivity index (χ1) is 19.1. The predicted octanol–water partition coefficient (Wildman–Crippen LogP) is 5.66. The number of carbonyl (C=O) groups excluding carboxylic acids is 1. The summed E-state index contributed by atoms with van der Waals surface area (Å²) in [4.78, 5) is 15.1. The SMILES string of the molecule is CC(C)C.N=C(c1ccc(N2C3COCC2CC(O)C3)cc1)c1cc(C(=O)NCc2ccccc2Cl)ccc1N. The van der Waals surface area contributed by atoms with E-state index in [0.717, 1.165) is 17.2 Å². The maximum atomic E-state index is 12.8. The van der Waals surface area contributed by atoms with Crippen LogP contribution in [0.15, 0.2) is 66.7 Å². The minimum Gasteiger partial charge on any atom is -0.398 e. The van der Waals surface area contributed by atoms with Crippen LogP contribution in [-0.2, 0) is 11.3 Å². The van der Waals surface area contributed by atoms with Crippen LogP contribution in [0.4, 0.5) is 11.4 Å². The highest BCUT2D eigenvalue weighted by Gasteiger charge is 2.38. The number of carbonyl (C=O) groups is 1. The van der Waals surface area contributed by atoms with E-state index < -0.39 is 0 Å². The molecule has 0 aliphatic carbocycles. The molecule has 3 aromatic carbocycles. The number of fused-ring (bicyclic) bond motifs is 2. The van der Waals surface area contributed by atoms with Gasteiger partial charge in [0.25, 0.3) is 5.91 Å². The molecule has 40 heavy (non-hydrogen) atoms. The number of nitrogen functional groups attached to an aromatic ring is 1. The summed E-state index contributed by atoms with van der Waals surface area (Å²) in [6.07, 6.45) is 1.09. The highest BCUT2D eigenvalue weighted by atomic mass is 35.5. The summed E-state index contributed by atoms with van der Waals surface area (Å²) in [5.41, 5.74) is 10.4. The third kappa shape index (κ3) is 7.22. The quantitative estimate of drug-likeness (QED) is 0.229. The number of ether oxygens (including phenoxy) is 1. The molecule has 0 aromatic heterocycles. The molecular formula is C32H39ClN4O3. The molecule has 2 heterocycles. The maximum absolute atomic E-state index is 12.8. The topological polar surface area (TPSA) is 112 Å². The summed E-state index contributed by atoms with van der Waals surface area (Å²) in [6, 6.07) is 20.4. The number of aliphatic hydroxyl groups is 1. The van der Waals surface area contributed by atoms with Crippen LogP contribution >= 0.6 is 11.6 Å². The predicted molar refractivity (Wildman–Crippen MR) is 162 cm³/mol. The number of amides is 1. The average molecular weight is 563 g/mol. The van der Waals surface area contributed by atoms with Gasteiger partial charge in [0.1, 0.15) is 0 Å². The van der Waals surface area contributed by atoms with Crippen molar-refractivity contribution < 1.29 is 14.6 Å². The Balaban J connectivity index is 0.000000867. The van der Waals surface area contributed by atoms with Crippen molar-refractivity contribution in [2.45, 2.75) is 58.3 Å². The third-order valence-electron chi connectivity index (χ3n) is 6.93. The molecule has 7 nitrogen and oxygen atoms in total. The Morgan fingerprint density at radius 3 is 2.27 bits per heavy atom. The minimum absolute atomic E-state index is 0.148. The van der Waals surface area contributed by atoms with Gasteiger partial charge in [0.2, 0.25) is 0 Å². The van der Waals surface area contributed by atoms with E-state index in [1.54, 1.807) is 24.3 Å². The highest BCUT2D eigenvalue weighted by molar-refractivity contribution is 6.31. The number of anilines is 2. The van der Waals surface area contributed by atoms with E-state index in [0.29, 0.717) is 60.0 Å². The lowest BCUT2D eigenvalue weighted by atomic mass is 9.91. The lowest BCUT2D eigenvalue weighted by molar-refractivity contribution is 0.00124. The molecule has 0 radical (unpaired) electrons.